The summed E-state index contributed by atoms with van der Waals surface area (Å²) in [5.41, 5.74) is 2.36. The van der Waals surface area contributed by atoms with Gasteiger partial charge < -0.3 is 15.2 Å². The molecular formula is C26H25ClN6O2S2. The standard InChI is InChI=1S/C26H25ClN6O2S2/c1-4-14-33-23(16(2)28-24(35)19-10-12-20(27)13-11-19)31-32-26(33)36-15-21(34)29-25-30-22(17(3)37-25)18-8-6-5-7-9-18/h4-13,16H,1,14-15H2,2-3H3,(H,28,35)(H,29,30,34)/t16-/m1/s1. The first-order valence-corrected chi connectivity index (χ1v) is 13.6. The summed E-state index contributed by atoms with van der Waals surface area (Å²) in [5.74, 6) is 0.241. The number of carbonyl (C=O) groups excluding carboxylic acids is 2. The average molecular weight is 553 g/mol. The molecule has 0 bridgehead atoms. The van der Waals surface area contributed by atoms with Gasteiger partial charge in [-0.15, -0.1) is 28.1 Å². The predicted octanol–water partition coefficient (Wildman–Crippen LogP) is 5.77. The lowest BCUT2D eigenvalue weighted by Gasteiger charge is -2.15. The summed E-state index contributed by atoms with van der Waals surface area (Å²) in [6.45, 7) is 8.05. The maximum Gasteiger partial charge on any atom is 0.251 e. The Morgan fingerprint density at radius 1 is 1.16 bits per heavy atom. The molecule has 0 saturated heterocycles. The van der Waals surface area contributed by atoms with Crippen molar-refractivity contribution < 1.29 is 9.59 Å². The Labute approximate surface area is 228 Å². The molecule has 0 spiro atoms. The highest BCUT2D eigenvalue weighted by Crippen LogP contribution is 2.30. The van der Waals surface area contributed by atoms with Crippen LogP contribution in [0, 0.1) is 6.92 Å². The van der Waals surface area contributed by atoms with E-state index in [9.17, 15) is 9.59 Å². The van der Waals surface area contributed by atoms with Gasteiger partial charge in [0.15, 0.2) is 16.1 Å². The Morgan fingerprint density at radius 2 is 1.89 bits per heavy atom. The third kappa shape index (κ3) is 6.65. The highest BCUT2D eigenvalue weighted by molar-refractivity contribution is 7.99. The zero-order valence-corrected chi connectivity index (χ0v) is 22.7. The highest BCUT2D eigenvalue weighted by atomic mass is 35.5. The molecule has 0 aliphatic heterocycles. The van der Waals surface area contributed by atoms with Gasteiger partial charge in [-0.2, -0.15) is 0 Å². The molecular weight excluding hydrogens is 528 g/mol. The van der Waals surface area contributed by atoms with Crippen molar-refractivity contribution >= 4 is 51.6 Å². The van der Waals surface area contributed by atoms with Gasteiger partial charge in [0.1, 0.15) is 0 Å². The fraction of sp³-hybridized carbons (Fsp3) is 0.192. The summed E-state index contributed by atoms with van der Waals surface area (Å²) < 4.78 is 1.83. The van der Waals surface area contributed by atoms with Crippen LogP contribution in [0.5, 0.6) is 0 Å². The Morgan fingerprint density at radius 3 is 2.59 bits per heavy atom. The van der Waals surface area contributed by atoms with Crippen molar-refractivity contribution in [3.63, 3.8) is 0 Å². The Bertz CT molecular complexity index is 1400. The van der Waals surface area contributed by atoms with Crippen molar-refractivity contribution in [3.05, 3.63) is 88.5 Å². The van der Waals surface area contributed by atoms with E-state index >= 15 is 0 Å². The van der Waals surface area contributed by atoms with Crippen LogP contribution in [0.1, 0.15) is 34.0 Å². The molecule has 4 aromatic rings. The van der Waals surface area contributed by atoms with E-state index in [0.29, 0.717) is 33.2 Å². The predicted molar refractivity (Wildman–Crippen MR) is 149 cm³/mol. The van der Waals surface area contributed by atoms with Crippen LogP contribution in [0.4, 0.5) is 5.13 Å². The van der Waals surface area contributed by atoms with Crippen LogP contribution in [0.2, 0.25) is 5.02 Å². The topological polar surface area (TPSA) is 102 Å². The molecule has 8 nitrogen and oxygen atoms in total. The van der Waals surface area contributed by atoms with E-state index in [1.807, 2.05) is 48.7 Å². The number of thiazole rings is 1. The number of halogens is 1. The monoisotopic (exact) mass is 552 g/mol. The number of nitrogens with one attached hydrogen (secondary N) is 2. The van der Waals surface area contributed by atoms with Crippen molar-refractivity contribution in [1.82, 2.24) is 25.1 Å². The minimum absolute atomic E-state index is 0.125. The summed E-state index contributed by atoms with van der Waals surface area (Å²) in [5, 5.41) is 16.0. The number of thioether (sulfide) groups is 1. The highest BCUT2D eigenvalue weighted by Gasteiger charge is 2.21. The maximum absolute atomic E-state index is 12.7. The second-order valence-electron chi connectivity index (χ2n) is 8.07. The van der Waals surface area contributed by atoms with E-state index in [1.165, 1.54) is 23.1 Å². The lowest BCUT2D eigenvalue weighted by Crippen LogP contribution is -2.28. The number of anilines is 1. The van der Waals surface area contributed by atoms with E-state index in [4.69, 9.17) is 11.6 Å². The lowest BCUT2D eigenvalue weighted by molar-refractivity contribution is -0.113. The fourth-order valence-corrected chi connectivity index (χ4v) is 5.31. The van der Waals surface area contributed by atoms with Gasteiger partial charge in [-0.3, -0.25) is 9.59 Å². The van der Waals surface area contributed by atoms with E-state index < -0.39 is 6.04 Å². The largest absolute Gasteiger partial charge is 0.342 e. The van der Waals surface area contributed by atoms with Crippen LogP contribution >= 0.6 is 34.7 Å². The van der Waals surface area contributed by atoms with E-state index in [1.54, 1.807) is 30.3 Å². The molecule has 2 amide bonds. The molecule has 0 radical (unpaired) electrons. The normalized spacial score (nSPS) is 11.6. The quantitative estimate of drug-likeness (QED) is 0.191. The molecule has 1 atom stereocenters. The maximum atomic E-state index is 12.7. The molecule has 4 rings (SSSR count). The van der Waals surface area contributed by atoms with Gasteiger partial charge in [0.2, 0.25) is 5.91 Å². The molecule has 2 aromatic carbocycles. The van der Waals surface area contributed by atoms with Crippen LogP contribution in [0.3, 0.4) is 0 Å². The van der Waals surface area contributed by atoms with Gasteiger partial charge in [-0.1, -0.05) is 59.8 Å². The van der Waals surface area contributed by atoms with Crippen molar-refractivity contribution in [3.8, 4) is 11.3 Å². The molecule has 37 heavy (non-hydrogen) atoms. The van der Waals surface area contributed by atoms with Crippen LogP contribution in [-0.2, 0) is 11.3 Å². The van der Waals surface area contributed by atoms with Crippen LogP contribution < -0.4 is 10.6 Å². The minimum Gasteiger partial charge on any atom is -0.342 e. The third-order valence-corrected chi connectivity index (χ3v) is 7.43. The van der Waals surface area contributed by atoms with Gasteiger partial charge in [-0.05, 0) is 38.1 Å². The van der Waals surface area contributed by atoms with Crippen molar-refractivity contribution in [2.75, 3.05) is 11.1 Å². The Kier molecular flexibility index (Phi) is 8.75. The SMILES string of the molecule is C=CCn1c(SCC(=O)Nc2nc(-c3ccccc3)c(C)s2)nnc1[C@@H](C)NC(=O)c1ccc(Cl)cc1. The first-order valence-electron chi connectivity index (χ1n) is 11.4. The number of nitrogens with zero attached hydrogens (tertiary/aromatic N) is 4. The zero-order chi connectivity index (χ0) is 26.4. The molecule has 11 heteroatoms. The van der Waals surface area contributed by atoms with Gasteiger partial charge in [-0.25, -0.2) is 4.98 Å². The number of hydrogen-bond acceptors (Lipinski definition) is 7. The Hall–Kier alpha value is -3.47. The summed E-state index contributed by atoms with van der Waals surface area (Å²) in [6.07, 6.45) is 1.72. The number of hydrogen-bond donors (Lipinski definition) is 2. The van der Waals surface area contributed by atoms with Crippen molar-refractivity contribution in [2.24, 2.45) is 0 Å². The summed E-state index contributed by atoms with van der Waals surface area (Å²) in [6, 6.07) is 16.1. The molecule has 0 aliphatic carbocycles. The van der Waals surface area contributed by atoms with Gasteiger partial charge in [0.25, 0.3) is 5.91 Å². The molecule has 0 saturated carbocycles. The summed E-state index contributed by atoms with van der Waals surface area (Å²) >= 11 is 8.60. The molecule has 0 aliphatic rings. The van der Waals surface area contributed by atoms with Crippen LogP contribution in [0.15, 0.2) is 72.4 Å². The first-order chi connectivity index (χ1) is 17.9. The minimum atomic E-state index is -0.423. The second-order valence-corrected chi connectivity index (χ2v) is 10.7. The summed E-state index contributed by atoms with van der Waals surface area (Å²) in [7, 11) is 0. The number of carbonyl (C=O) groups is 2. The number of allylic oxidation sites excluding steroid dienone is 1. The third-order valence-electron chi connectivity index (χ3n) is 5.32. The van der Waals surface area contributed by atoms with Crippen LogP contribution in [0.25, 0.3) is 11.3 Å². The van der Waals surface area contributed by atoms with E-state index in [0.717, 1.165) is 16.1 Å². The molecule has 190 valence electrons. The second kappa shape index (κ2) is 12.2. The van der Waals surface area contributed by atoms with Crippen molar-refractivity contribution in [2.45, 2.75) is 31.6 Å². The average Bonchev–Trinajstić information content (AvgIpc) is 3.46. The van der Waals surface area contributed by atoms with Gasteiger partial charge in [0.05, 0.1) is 17.5 Å². The molecule has 0 fully saturated rings. The number of aromatic nitrogens is 4. The van der Waals surface area contributed by atoms with E-state index in [2.05, 4.69) is 32.4 Å². The molecule has 2 N–H and O–H groups in total. The van der Waals surface area contributed by atoms with Gasteiger partial charge >= 0.3 is 0 Å². The molecule has 2 aromatic heterocycles. The summed E-state index contributed by atoms with van der Waals surface area (Å²) in [4.78, 5) is 30.9. The molecule has 2 heterocycles. The first kappa shape index (κ1) is 26.6. The van der Waals surface area contributed by atoms with Crippen molar-refractivity contribution in [1.29, 1.82) is 0 Å². The number of aryl methyl sites for hydroxylation is 1. The molecule has 0 unspecified atom stereocenters. The zero-order valence-electron chi connectivity index (χ0n) is 20.3. The van der Waals surface area contributed by atoms with Gasteiger partial charge in [0, 0.05) is 27.6 Å². The number of rotatable bonds is 10. The van der Waals surface area contributed by atoms with E-state index in [-0.39, 0.29) is 17.6 Å². The smallest absolute Gasteiger partial charge is 0.251 e. The van der Waals surface area contributed by atoms with Crippen LogP contribution in [-0.4, -0.2) is 37.3 Å². The number of benzene rings is 2. The lowest BCUT2D eigenvalue weighted by atomic mass is 10.1. The number of amides is 2. The fourth-order valence-electron chi connectivity index (χ4n) is 3.57. The Balaban J connectivity index is 1.39.